The number of benzene rings is 2. The minimum atomic E-state index is -0.607. The molecule has 0 aliphatic carbocycles. The summed E-state index contributed by atoms with van der Waals surface area (Å²) in [5, 5.41) is 13.1. The lowest BCUT2D eigenvalue weighted by Crippen LogP contribution is -2.41. The van der Waals surface area contributed by atoms with E-state index in [1.807, 2.05) is 24.3 Å². The van der Waals surface area contributed by atoms with Crippen molar-refractivity contribution in [1.29, 1.82) is 0 Å². The summed E-state index contributed by atoms with van der Waals surface area (Å²) in [6, 6.07) is 14.3. The van der Waals surface area contributed by atoms with Crippen LogP contribution in [0.2, 0.25) is 0 Å². The summed E-state index contributed by atoms with van der Waals surface area (Å²) in [6.07, 6.45) is 1.61. The van der Waals surface area contributed by atoms with Gasteiger partial charge in [0.1, 0.15) is 16.7 Å². The second-order valence-corrected chi connectivity index (χ2v) is 7.19. The third-order valence-corrected chi connectivity index (χ3v) is 5.04. The Balaban J connectivity index is 1.64. The number of anilines is 1. The lowest BCUT2D eigenvalue weighted by atomic mass is 10.2. The largest absolute Gasteiger partial charge is 0.497 e. The van der Waals surface area contributed by atoms with Crippen LogP contribution in [0.25, 0.3) is 0 Å². The Hall–Kier alpha value is -3.33. The topological polar surface area (TPSA) is 101 Å². The van der Waals surface area contributed by atoms with Crippen molar-refractivity contribution in [2.24, 2.45) is 10.2 Å². The number of hydrogen-bond donors (Lipinski definition) is 2. The maximum atomic E-state index is 12.6. The summed E-state index contributed by atoms with van der Waals surface area (Å²) >= 11 is 1.15. The van der Waals surface area contributed by atoms with Crippen LogP contribution in [0, 0.1) is 0 Å². The molecule has 1 heterocycles. The van der Waals surface area contributed by atoms with Gasteiger partial charge in [-0.05, 0) is 42.0 Å². The Morgan fingerprint density at radius 2 is 1.93 bits per heavy atom. The van der Waals surface area contributed by atoms with Gasteiger partial charge in [0.05, 0.1) is 20.4 Å². The quantitative estimate of drug-likeness (QED) is 0.561. The molecule has 2 aromatic rings. The number of hydrogen-bond acceptors (Lipinski definition) is 7. The third kappa shape index (κ3) is 5.82. The number of nitrogens with zero attached hydrogens (tertiary/aromatic N) is 2. The highest BCUT2D eigenvalue weighted by Crippen LogP contribution is 2.24. The minimum absolute atomic E-state index is 0.0572. The molecule has 1 atom stereocenters. The van der Waals surface area contributed by atoms with E-state index in [1.54, 1.807) is 44.7 Å². The van der Waals surface area contributed by atoms with Crippen molar-refractivity contribution in [3.8, 4) is 11.5 Å². The molecule has 0 spiro atoms. The number of carbonyl (C=O) groups excluding carboxylic acids is 2. The lowest BCUT2D eigenvalue weighted by Gasteiger charge is -2.21. The molecule has 1 aliphatic heterocycles. The molecule has 29 heavy (non-hydrogen) atoms. The molecule has 150 valence electrons. The predicted octanol–water partition coefficient (Wildman–Crippen LogP) is 2.65. The second kappa shape index (κ2) is 9.74. The Morgan fingerprint density at radius 3 is 2.66 bits per heavy atom. The first kappa shape index (κ1) is 20.4. The average molecular weight is 412 g/mol. The zero-order valence-electron chi connectivity index (χ0n) is 15.9. The summed E-state index contributed by atoms with van der Waals surface area (Å²) in [5.41, 5.74) is 1.42. The van der Waals surface area contributed by atoms with Gasteiger partial charge in [0, 0.05) is 18.2 Å². The SMILES string of the molecule is COc1ccc(C=NN=C2NC(=O)C[C@H](C(=O)Nc3cccc(OC)c3)S2)cc1. The van der Waals surface area contributed by atoms with E-state index in [2.05, 4.69) is 20.8 Å². The molecule has 0 aromatic heterocycles. The summed E-state index contributed by atoms with van der Waals surface area (Å²) in [5.74, 6) is 0.804. The number of carbonyl (C=O) groups is 2. The fraction of sp³-hybridized carbons (Fsp3) is 0.200. The van der Waals surface area contributed by atoms with E-state index in [0.29, 0.717) is 11.4 Å². The van der Waals surface area contributed by atoms with Gasteiger partial charge in [0.15, 0.2) is 5.17 Å². The molecule has 0 radical (unpaired) electrons. The molecule has 2 amide bonds. The first-order valence-electron chi connectivity index (χ1n) is 8.74. The van der Waals surface area contributed by atoms with Gasteiger partial charge in [0.25, 0.3) is 0 Å². The van der Waals surface area contributed by atoms with E-state index in [1.165, 1.54) is 0 Å². The van der Waals surface area contributed by atoms with Gasteiger partial charge in [0.2, 0.25) is 11.8 Å². The Bertz CT molecular complexity index is 944. The molecule has 1 aliphatic rings. The molecule has 9 heteroatoms. The van der Waals surface area contributed by atoms with Gasteiger partial charge in [-0.1, -0.05) is 17.8 Å². The van der Waals surface area contributed by atoms with E-state index in [0.717, 1.165) is 23.1 Å². The van der Waals surface area contributed by atoms with Crippen LogP contribution in [-0.4, -0.2) is 42.7 Å². The van der Waals surface area contributed by atoms with E-state index >= 15 is 0 Å². The maximum Gasteiger partial charge on any atom is 0.238 e. The van der Waals surface area contributed by atoms with Crippen molar-refractivity contribution in [1.82, 2.24) is 5.32 Å². The van der Waals surface area contributed by atoms with Crippen molar-refractivity contribution in [3.63, 3.8) is 0 Å². The highest BCUT2D eigenvalue weighted by molar-refractivity contribution is 8.15. The normalized spacial score (nSPS) is 17.8. The molecular formula is C20H20N4O4S. The van der Waals surface area contributed by atoms with Crippen LogP contribution in [0.1, 0.15) is 12.0 Å². The first-order valence-corrected chi connectivity index (χ1v) is 9.62. The predicted molar refractivity (Wildman–Crippen MR) is 114 cm³/mol. The Kier molecular flexibility index (Phi) is 6.85. The number of nitrogens with one attached hydrogen (secondary N) is 2. The van der Waals surface area contributed by atoms with Gasteiger partial charge in [-0.15, -0.1) is 5.10 Å². The average Bonchev–Trinajstić information content (AvgIpc) is 2.74. The summed E-state index contributed by atoms with van der Waals surface area (Å²) in [6.45, 7) is 0. The zero-order valence-corrected chi connectivity index (χ0v) is 16.7. The molecule has 1 fully saturated rings. The summed E-state index contributed by atoms with van der Waals surface area (Å²) < 4.78 is 10.2. The van der Waals surface area contributed by atoms with Crippen molar-refractivity contribution in [2.45, 2.75) is 11.7 Å². The van der Waals surface area contributed by atoms with E-state index < -0.39 is 5.25 Å². The van der Waals surface area contributed by atoms with Crippen molar-refractivity contribution in [3.05, 3.63) is 54.1 Å². The Morgan fingerprint density at radius 1 is 1.17 bits per heavy atom. The van der Waals surface area contributed by atoms with Crippen LogP contribution in [0.4, 0.5) is 5.69 Å². The van der Waals surface area contributed by atoms with Crippen LogP contribution in [0.3, 0.4) is 0 Å². The fourth-order valence-corrected chi connectivity index (χ4v) is 3.44. The molecule has 2 N–H and O–H groups in total. The number of rotatable bonds is 6. The molecular weight excluding hydrogens is 392 g/mol. The van der Waals surface area contributed by atoms with Crippen LogP contribution in [-0.2, 0) is 9.59 Å². The van der Waals surface area contributed by atoms with Crippen LogP contribution >= 0.6 is 11.8 Å². The van der Waals surface area contributed by atoms with Gasteiger partial charge >= 0.3 is 0 Å². The second-order valence-electron chi connectivity index (χ2n) is 6.00. The lowest BCUT2D eigenvalue weighted by molar-refractivity contribution is -0.123. The standard InChI is InChI=1S/C20H20N4O4S/c1-27-15-8-6-13(7-9-15)12-21-24-20-23-18(25)11-17(29-20)19(26)22-14-4-3-5-16(10-14)28-2/h3-10,12,17H,11H2,1-2H3,(H,22,26)(H,23,24,25)/t17-/m1/s1. The van der Waals surface area contributed by atoms with Crippen LogP contribution in [0.15, 0.2) is 58.7 Å². The number of amidine groups is 1. The van der Waals surface area contributed by atoms with Gasteiger partial charge in [-0.3, -0.25) is 9.59 Å². The molecule has 2 aromatic carbocycles. The number of ether oxygens (including phenoxy) is 2. The van der Waals surface area contributed by atoms with E-state index in [-0.39, 0.29) is 23.4 Å². The van der Waals surface area contributed by atoms with Gasteiger partial charge in [-0.25, -0.2) is 0 Å². The highest BCUT2D eigenvalue weighted by atomic mass is 32.2. The molecule has 3 rings (SSSR count). The first-order chi connectivity index (χ1) is 14.1. The van der Waals surface area contributed by atoms with E-state index in [9.17, 15) is 9.59 Å². The zero-order chi connectivity index (χ0) is 20.6. The molecule has 0 unspecified atom stereocenters. The van der Waals surface area contributed by atoms with Crippen molar-refractivity contribution >= 4 is 40.6 Å². The molecule has 0 saturated carbocycles. The van der Waals surface area contributed by atoms with Gasteiger partial charge < -0.3 is 20.1 Å². The van der Waals surface area contributed by atoms with Crippen LogP contribution < -0.4 is 20.1 Å². The monoisotopic (exact) mass is 412 g/mol. The van der Waals surface area contributed by atoms with Crippen molar-refractivity contribution < 1.29 is 19.1 Å². The summed E-state index contributed by atoms with van der Waals surface area (Å²) in [7, 11) is 3.15. The smallest absolute Gasteiger partial charge is 0.238 e. The maximum absolute atomic E-state index is 12.6. The minimum Gasteiger partial charge on any atom is -0.497 e. The molecule has 8 nitrogen and oxygen atoms in total. The number of amides is 2. The summed E-state index contributed by atoms with van der Waals surface area (Å²) in [4.78, 5) is 24.5. The van der Waals surface area contributed by atoms with Gasteiger partial charge in [-0.2, -0.15) is 5.10 Å². The van der Waals surface area contributed by atoms with E-state index in [4.69, 9.17) is 9.47 Å². The van der Waals surface area contributed by atoms with Crippen LogP contribution in [0.5, 0.6) is 11.5 Å². The Labute approximate surface area is 172 Å². The van der Waals surface area contributed by atoms with Crippen molar-refractivity contribution in [2.75, 3.05) is 19.5 Å². The molecule has 1 saturated heterocycles. The number of methoxy groups -OCH3 is 2. The number of thioether (sulfide) groups is 1. The molecule has 0 bridgehead atoms. The highest BCUT2D eigenvalue weighted by Gasteiger charge is 2.30. The fourth-order valence-electron chi connectivity index (χ4n) is 2.50. The third-order valence-electron chi connectivity index (χ3n) is 3.97.